The lowest BCUT2D eigenvalue weighted by molar-refractivity contribution is -0.122. The Bertz CT molecular complexity index is 805. The van der Waals surface area contributed by atoms with Crippen molar-refractivity contribution in [3.8, 4) is 23.5 Å². The quantitative estimate of drug-likeness (QED) is 0.675. The molecule has 0 fully saturated rings. The van der Waals surface area contributed by atoms with Gasteiger partial charge < -0.3 is 24.8 Å². The lowest BCUT2D eigenvalue weighted by Crippen LogP contribution is -2.46. The predicted octanol–water partition coefficient (Wildman–Crippen LogP) is 1.93. The third-order valence-electron chi connectivity index (χ3n) is 3.79. The van der Waals surface area contributed by atoms with Gasteiger partial charge in [0.2, 0.25) is 17.7 Å². The minimum Gasteiger partial charge on any atom is -0.481 e. The Kier molecular flexibility index (Phi) is 7.55. The SMILES string of the molecule is CCNC(=O)[C@H](CC)NC(=O)c1ccccc1Oc1nc(OC)cc(OC)n1. The second-order valence-corrected chi connectivity index (χ2v) is 5.66. The average molecular weight is 388 g/mol. The van der Waals surface area contributed by atoms with Crippen LogP contribution in [0.4, 0.5) is 0 Å². The van der Waals surface area contributed by atoms with Crippen LogP contribution in [0.5, 0.6) is 23.5 Å². The fourth-order valence-corrected chi connectivity index (χ4v) is 2.37. The molecule has 1 aromatic heterocycles. The summed E-state index contributed by atoms with van der Waals surface area (Å²) in [6.07, 6.45) is 0.455. The summed E-state index contributed by atoms with van der Waals surface area (Å²) in [5, 5.41) is 5.42. The summed E-state index contributed by atoms with van der Waals surface area (Å²) in [5.74, 6) is 0.0689. The second-order valence-electron chi connectivity index (χ2n) is 5.66. The Balaban J connectivity index is 2.25. The molecule has 0 unspecified atom stereocenters. The van der Waals surface area contributed by atoms with Crippen molar-refractivity contribution in [3.05, 3.63) is 35.9 Å². The summed E-state index contributed by atoms with van der Waals surface area (Å²) < 4.78 is 15.9. The molecule has 0 radical (unpaired) electrons. The van der Waals surface area contributed by atoms with Crippen LogP contribution in [0, 0.1) is 0 Å². The maximum absolute atomic E-state index is 12.7. The molecule has 2 rings (SSSR count). The van der Waals surface area contributed by atoms with Gasteiger partial charge in [0.25, 0.3) is 5.91 Å². The number of hydrogen-bond acceptors (Lipinski definition) is 7. The minimum atomic E-state index is -0.645. The summed E-state index contributed by atoms with van der Waals surface area (Å²) in [4.78, 5) is 33.0. The molecule has 0 spiro atoms. The molecule has 1 heterocycles. The highest BCUT2D eigenvalue weighted by Crippen LogP contribution is 2.26. The van der Waals surface area contributed by atoms with Crippen LogP contribution in [0.15, 0.2) is 30.3 Å². The lowest BCUT2D eigenvalue weighted by atomic mass is 10.1. The molecule has 0 aliphatic heterocycles. The van der Waals surface area contributed by atoms with E-state index >= 15 is 0 Å². The van der Waals surface area contributed by atoms with E-state index in [-0.39, 0.29) is 35.0 Å². The Hall–Kier alpha value is -3.36. The van der Waals surface area contributed by atoms with Gasteiger partial charge in [-0.05, 0) is 25.5 Å². The monoisotopic (exact) mass is 388 g/mol. The van der Waals surface area contributed by atoms with Crippen LogP contribution < -0.4 is 24.8 Å². The van der Waals surface area contributed by atoms with Crippen LogP contribution in [0.3, 0.4) is 0 Å². The molecule has 9 heteroatoms. The molecule has 0 saturated carbocycles. The van der Waals surface area contributed by atoms with Gasteiger partial charge in [0.15, 0.2) is 0 Å². The van der Waals surface area contributed by atoms with E-state index in [1.807, 2.05) is 13.8 Å². The minimum absolute atomic E-state index is 0.0350. The topological polar surface area (TPSA) is 112 Å². The van der Waals surface area contributed by atoms with Gasteiger partial charge in [-0.1, -0.05) is 19.1 Å². The zero-order valence-electron chi connectivity index (χ0n) is 16.3. The highest BCUT2D eigenvalue weighted by atomic mass is 16.5. The van der Waals surface area contributed by atoms with Crippen molar-refractivity contribution in [1.29, 1.82) is 0 Å². The Morgan fingerprint density at radius 2 is 1.71 bits per heavy atom. The third kappa shape index (κ3) is 5.32. The fraction of sp³-hybridized carbons (Fsp3) is 0.368. The molecule has 0 aliphatic rings. The van der Waals surface area contributed by atoms with Gasteiger partial charge in [-0.15, -0.1) is 0 Å². The molecule has 150 valence electrons. The first-order valence-corrected chi connectivity index (χ1v) is 8.84. The van der Waals surface area contributed by atoms with E-state index in [1.165, 1.54) is 20.3 Å². The van der Waals surface area contributed by atoms with Gasteiger partial charge in [-0.2, -0.15) is 9.97 Å². The zero-order chi connectivity index (χ0) is 20.5. The number of carbonyl (C=O) groups excluding carboxylic acids is 2. The van der Waals surface area contributed by atoms with Crippen LogP contribution in [0.1, 0.15) is 30.6 Å². The smallest absolute Gasteiger partial charge is 0.328 e. The number of nitrogens with zero attached hydrogens (tertiary/aromatic N) is 2. The first kappa shape index (κ1) is 20.9. The normalized spacial score (nSPS) is 11.3. The molecule has 0 aliphatic carbocycles. The largest absolute Gasteiger partial charge is 0.481 e. The van der Waals surface area contributed by atoms with Crippen molar-refractivity contribution in [1.82, 2.24) is 20.6 Å². The molecule has 0 bridgehead atoms. The van der Waals surface area contributed by atoms with Crippen molar-refractivity contribution in [2.45, 2.75) is 26.3 Å². The predicted molar refractivity (Wildman–Crippen MR) is 102 cm³/mol. The number of rotatable bonds is 9. The number of amides is 2. The highest BCUT2D eigenvalue weighted by molar-refractivity contribution is 5.99. The van der Waals surface area contributed by atoms with Crippen LogP contribution in [0.2, 0.25) is 0 Å². The summed E-state index contributed by atoms with van der Waals surface area (Å²) in [5.41, 5.74) is 0.246. The van der Waals surface area contributed by atoms with E-state index in [0.29, 0.717) is 13.0 Å². The molecule has 9 nitrogen and oxygen atoms in total. The van der Waals surface area contributed by atoms with Crippen LogP contribution in [-0.4, -0.2) is 48.6 Å². The number of aromatic nitrogens is 2. The van der Waals surface area contributed by atoms with E-state index in [9.17, 15) is 9.59 Å². The van der Waals surface area contributed by atoms with Gasteiger partial charge in [-0.25, -0.2) is 0 Å². The number of benzene rings is 1. The highest BCUT2D eigenvalue weighted by Gasteiger charge is 2.21. The van der Waals surface area contributed by atoms with Gasteiger partial charge in [0.05, 0.1) is 25.8 Å². The van der Waals surface area contributed by atoms with Crippen molar-refractivity contribution in [2.75, 3.05) is 20.8 Å². The van der Waals surface area contributed by atoms with Crippen molar-refractivity contribution >= 4 is 11.8 Å². The summed E-state index contributed by atoms with van der Waals surface area (Å²) >= 11 is 0. The lowest BCUT2D eigenvalue weighted by Gasteiger charge is -2.17. The number of para-hydroxylation sites is 1. The molecule has 28 heavy (non-hydrogen) atoms. The standard InChI is InChI=1S/C19H24N4O5/c1-5-13(18(25)20-6-2)21-17(24)12-9-7-8-10-14(12)28-19-22-15(26-3)11-16(23-19)27-4/h7-11,13H,5-6H2,1-4H3,(H,20,25)(H,21,24)/t13-/m0/s1. The second kappa shape index (κ2) is 10.1. The van der Waals surface area contributed by atoms with E-state index in [2.05, 4.69) is 20.6 Å². The summed E-state index contributed by atoms with van der Waals surface area (Å²) in [7, 11) is 2.92. The van der Waals surface area contributed by atoms with Crippen molar-refractivity contribution in [2.24, 2.45) is 0 Å². The zero-order valence-corrected chi connectivity index (χ0v) is 16.3. The summed E-state index contributed by atoms with van der Waals surface area (Å²) in [6, 6.07) is 7.43. The van der Waals surface area contributed by atoms with Crippen LogP contribution in [0.25, 0.3) is 0 Å². The Morgan fingerprint density at radius 3 is 2.29 bits per heavy atom. The average Bonchev–Trinajstić information content (AvgIpc) is 2.71. The first-order valence-electron chi connectivity index (χ1n) is 8.84. The van der Waals surface area contributed by atoms with Crippen molar-refractivity contribution in [3.63, 3.8) is 0 Å². The maximum Gasteiger partial charge on any atom is 0.328 e. The van der Waals surface area contributed by atoms with Gasteiger partial charge in [0.1, 0.15) is 11.8 Å². The molecule has 1 aromatic carbocycles. The fourth-order valence-electron chi connectivity index (χ4n) is 2.37. The molecular weight excluding hydrogens is 364 g/mol. The van der Waals surface area contributed by atoms with Crippen LogP contribution in [-0.2, 0) is 4.79 Å². The number of likely N-dealkylation sites (N-methyl/N-ethyl adjacent to an activating group) is 1. The molecule has 2 N–H and O–H groups in total. The maximum atomic E-state index is 12.7. The van der Waals surface area contributed by atoms with Crippen molar-refractivity contribution < 1.29 is 23.8 Å². The van der Waals surface area contributed by atoms with E-state index in [4.69, 9.17) is 14.2 Å². The van der Waals surface area contributed by atoms with E-state index in [0.717, 1.165) is 0 Å². The number of ether oxygens (including phenoxy) is 3. The van der Waals surface area contributed by atoms with Gasteiger partial charge in [0, 0.05) is 6.54 Å². The van der Waals surface area contributed by atoms with E-state index in [1.54, 1.807) is 24.3 Å². The third-order valence-corrected chi connectivity index (χ3v) is 3.79. The number of hydrogen-bond donors (Lipinski definition) is 2. The van der Waals surface area contributed by atoms with Crippen LogP contribution >= 0.6 is 0 Å². The Morgan fingerprint density at radius 1 is 1.07 bits per heavy atom. The summed E-state index contributed by atoms with van der Waals surface area (Å²) in [6.45, 7) is 4.12. The first-order chi connectivity index (χ1) is 13.5. The molecule has 2 amide bonds. The number of carbonyl (C=O) groups is 2. The number of methoxy groups -OCH3 is 2. The van der Waals surface area contributed by atoms with Gasteiger partial charge >= 0.3 is 6.01 Å². The van der Waals surface area contributed by atoms with E-state index < -0.39 is 11.9 Å². The number of nitrogens with one attached hydrogen (secondary N) is 2. The molecule has 1 atom stereocenters. The molecule has 2 aromatic rings. The molecule has 0 saturated heterocycles. The van der Waals surface area contributed by atoms with Gasteiger partial charge in [-0.3, -0.25) is 9.59 Å². The Labute approximate surface area is 163 Å². The molecular formula is C19H24N4O5.